The van der Waals surface area contributed by atoms with Crippen LogP contribution in [0, 0.1) is 6.92 Å². The third-order valence-corrected chi connectivity index (χ3v) is 3.19. The fourth-order valence-corrected chi connectivity index (χ4v) is 1.87. The van der Waals surface area contributed by atoms with E-state index < -0.39 is 0 Å². The second-order valence-corrected chi connectivity index (χ2v) is 4.30. The van der Waals surface area contributed by atoms with Crippen molar-refractivity contribution in [3.05, 3.63) is 42.0 Å². The van der Waals surface area contributed by atoms with E-state index in [0.29, 0.717) is 5.88 Å². The molecule has 0 fully saturated rings. The molecule has 0 bridgehead atoms. The third kappa shape index (κ3) is 3.88. The summed E-state index contributed by atoms with van der Waals surface area (Å²) in [4.78, 5) is 1.27. The molecule has 0 unspecified atom stereocenters. The molecule has 0 N–H and O–H groups in total. The highest BCUT2D eigenvalue weighted by Crippen LogP contribution is 2.20. The SMILES string of the molecule is C=C(CCl)CSc1ccc(C)cc1. The number of thioether (sulfide) groups is 1. The molecule has 0 saturated heterocycles. The minimum atomic E-state index is 0.554. The van der Waals surface area contributed by atoms with E-state index in [-0.39, 0.29) is 0 Å². The fourth-order valence-electron chi connectivity index (χ4n) is 0.858. The minimum Gasteiger partial charge on any atom is -0.122 e. The summed E-state index contributed by atoms with van der Waals surface area (Å²) in [5.41, 5.74) is 2.37. The van der Waals surface area contributed by atoms with Crippen LogP contribution in [-0.4, -0.2) is 11.6 Å². The summed E-state index contributed by atoms with van der Waals surface area (Å²) >= 11 is 7.41. The average Bonchev–Trinajstić information content (AvgIpc) is 2.16. The van der Waals surface area contributed by atoms with E-state index in [0.717, 1.165) is 11.3 Å². The Balaban J connectivity index is 2.46. The normalized spacial score (nSPS) is 10.0. The number of hydrogen-bond donors (Lipinski definition) is 0. The first-order valence-corrected chi connectivity index (χ1v) is 5.66. The van der Waals surface area contributed by atoms with Gasteiger partial charge in [-0.2, -0.15) is 0 Å². The largest absolute Gasteiger partial charge is 0.122 e. The molecule has 0 nitrogen and oxygen atoms in total. The molecule has 2 heteroatoms. The summed E-state index contributed by atoms with van der Waals surface area (Å²) in [5.74, 6) is 1.46. The van der Waals surface area contributed by atoms with Crippen LogP contribution in [0.15, 0.2) is 41.3 Å². The number of benzene rings is 1. The molecule has 1 rings (SSSR count). The zero-order valence-electron chi connectivity index (χ0n) is 7.72. The van der Waals surface area contributed by atoms with Crippen LogP contribution in [0.25, 0.3) is 0 Å². The average molecular weight is 213 g/mol. The van der Waals surface area contributed by atoms with Crippen LogP contribution in [0.2, 0.25) is 0 Å². The number of alkyl halides is 1. The highest BCUT2D eigenvalue weighted by atomic mass is 35.5. The first-order chi connectivity index (χ1) is 6.22. The van der Waals surface area contributed by atoms with Crippen LogP contribution < -0.4 is 0 Å². The molecule has 0 amide bonds. The van der Waals surface area contributed by atoms with Crippen LogP contribution in [0.1, 0.15) is 5.56 Å². The monoisotopic (exact) mass is 212 g/mol. The highest BCUT2D eigenvalue weighted by Gasteiger charge is 1.95. The van der Waals surface area contributed by atoms with E-state index >= 15 is 0 Å². The summed E-state index contributed by atoms with van der Waals surface area (Å²) in [7, 11) is 0. The van der Waals surface area contributed by atoms with Crippen LogP contribution in [0.4, 0.5) is 0 Å². The maximum Gasteiger partial charge on any atom is 0.0439 e. The van der Waals surface area contributed by atoms with Crippen molar-refractivity contribution in [2.75, 3.05) is 11.6 Å². The number of halogens is 1. The Hall–Kier alpha value is -0.400. The van der Waals surface area contributed by atoms with E-state index in [9.17, 15) is 0 Å². The van der Waals surface area contributed by atoms with Gasteiger partial charge < -0.3 is 0 Å². The second-order valence-electron chi connectivity index (χ2n) is 2.99. The van der Waals surface area contributed by atoms with Gasteiger partial charge in [0.1, 0.15) is 0 Å². The molecular formula is C11H13ClS. The molecule has 0 atom stereocenters. The van der Waals surface area contributed by atoms with Gasteiger partial charge in [0.05, 0.1) is 0 Å². The van der Waals surface area contributed by atoms with Crippen molar-refractivity contribution in [3.8, 4) is 0 Å². The zero-order chi connectivity index (χ0) is 9.68. The second kappa shape index (κ2) is 5.36. The van der Waals surface area contributed by atoms with Crippen molar-refractivity contribution >= 4 is 23.4 Å². The van der Waals surface area contributed by atoms with E-state index in [1.54, 1.807) is 11.8 Å². The molecule has 0 aliphatic heterocycles. The lowest BCUT2D eigenvalue weighted by molar-refractivity contribution is 1.36. The predicted molar refractivity (Wildman–Crippen MR) is 61.8 cm³/mol. The Morgan fingerprint density at radius 3 is 2.54 bits per heavy atom. The maximum absolute atomic E-state index is 5.63. The lowest BCUT2D eigenvalue weighted by atomic mass is 10.2. The van der Waals surface area contributed by atoms with Crippen LogP contribution in [0.3, 0.4) is 0 Å². The predicted octanol–water partition coefficient (Wildman–Crippen LogP) is 3.88. The summed E-state index contributed by atoms with van der Waals surface area (Å²) < 4.78 is 0. The molecule has 70 valence electrons. The molecule has 0 aliphatic rings. The Bertz CT molecular complexity index is 277. The van der Waals surface area contributed by atoms with Crippen molar-refractivity contribution in [3.63, 3.8) is 0 Å². The smallest absolute Gasteiger partial charge is 0.0439 e. The van der Waals surface area contributed by atoms with Crippen molar-refractivity contribution in [2.45, 2.75) is 11.8 Å². The Kier molecular flexibility index (Phi) is 4.40. The summed E-state index contributed by atoms with van der Waals surface area (Å²) in [6.07, 6.45) is 0. The summed E-state index contributed by atoms with van der Waals surface area (Å²) in [6.45, 7) is 5.94. The lowest BCUT2D eigenvalue weighted by Crippen LogP contribution is -1.86. The van der Waals surface area contributed by atoms with Crippen LogP contribution in [0.5, 0.6) is 0 Å². The van der Waals surface area contributed by atoms with Gasteiger partial charge in [0.25, 0.3) is 0 Å². The quantitative estimate of drug-likeness (QED) is 0.415. The topological polar surface area (TPSA) is 0 Å². The van der Waals surface area contributed by atoms with E-state index in [4.69, 9.17) is 11.6 Å². The zero-order valence-corrected chi connectivity index (χ0v) is 9.29. The van der Waals surface area contributed by atoms with Crippen LogP contribution >= 0.6 is 23.4 Å². The lowest BCUT2D eigenvalue weighted by Gasteiger charge is -2.02. The highest BCUT2D eigenvalue weighted by molar-refractivity contribution is 7.99. The van der Waals surface area contributed by atoms with Crippen molar-refractivity contribution in [1.29, 1.82) is 0 Å². The molecule has 0 heterocycles. The summed E-state index contributed by atoms with van der Waals surface area (Å²) in [5, 5.41) is 0. The van der Waals surface area contributed by atoms with Gasteiger partial charge in [-0.05, 0) is 19.1 Å². The molecule has 0 radical (unpaired) electrons. The van der Waals surface area contributed by atoms with Crippen molar-refractivity contribution < 1.29 is 0 Å². The van der Waals surface area contributed by atoms with Gasteiger partial charge in [-0.25, -0.2) is 0 Å². The van der Waals surface area contributed by atoms with Gasteiger partial charge >= 0.3 is 0 Å². The molecule has 0 aliphatic carbocycles. The Labute approximate surface area is 89.0 Å². The summed E-state index contributed by atoms with van der Waals surface area (Å²) in [6, 6.07) is 8.49. The molecular weight excluding hydrogens is 200 g/mol. The van der Waals surface area contributed by atoms with Gasteiger partial charge in [-0.1, -0.05) is 29.8 Å². The fraction of sp³-hybridized carbons (Fsp3) is 0.273. The van der Waals surface area contributed by atoms with Gasteiger partial charge in [0.15, 0.2) is 0 Å². The third-order valence-electron chi connectivity index (χ3n) is 1.65. The minimum absolute atomic E-state index is 0.554. The number of hydrogen-bond acceptors (Lipinski definition) is 1. The van der Waals surface area contributed by atoms with Crippen molar-refractivity contribution in [2.24, 2.45) is 0 Å². The first kappa shape index (κ1) is 10.7. The maximum atomic E-state index is 5.63. The number of aryl methyl sites for hydroxylation is 1. The van der Waals surface area contributed by atoms with Gasteiger partial charge in [-0.15, -0.1) is 23.4 Å². The number of rotatable bonds is 4. The van der Waals surface area contributed by atoms with E-state index in [2.05, 4.69) is 37.8 Å². The van der Waals surface area contributed by atoms with Gasteiger partial charge in [-0.3, -0.25) is 0 Å². The molecule has 0 saturated carbocycles. The van der Waals surface area contributed by atoms with Gasteiger partial charge in [0, 0.05) is 16.5 Å². The van der Waals surface area contributed by atoms with Crippen molar-refractivity contribution in [1.82, 2.24) is 0 Å². The van der Waals surface area contributed by atoms with Crippen LogP contribution in [-0.2, 0) is 0 Å². The first-order valence-electron chi connectivity index (χ1n) is 4.14. The molecule has 1 aromatic rings. The van der Waals surface area contributed by atoms with Gasteiger partial charge in [0.2, 0.25) is 0 Å². The Morgan fingerprint density at radius 1 is 1.38 bits per heavy atom. The molecule has 0 aromatic heterocycles. The Morgan fingerprint density at radius 2 is 2.00 bits per heavy atom. The van der Waals surface area contributed by atoms with E-state index in [1.807, 2.05) is 0 Å². The molecule has 13 heavy (non-hydrogen) atoms. The standard InChI is InChI=1S/C11H13ClS/c1-9-3-5-11(6-4-9)13-8-10(2)7-12/h3-6H,2,7-8H2,1H3. The van der Waals surface area contributed by atoms with E-state index in [1.165, 1.54) is 10.5 Å². The molecule has 0 spiro atoms. The molecule has 1 aromatic carbocycles.